The maximum absolute atomic E-state index is 8.77. The topological polar surface area (TPSA) is 46.2 Å². The molecular formula is C10H15Cl2NO. The van der Waals surface area contributed by atoms with E-state index in [1.54, 1.807) is 0 Å². The van der Waals surface area contributed by atoms with Gasteiger partial charge in [-0.1, -0.05) is 23.7 Å². The summed E-state index contributed by atoms with van der Waals surface area (Å²) in [4.78, 5) is 0. The minimum Gasteiger partial charge on any atom is -0.395 e. The van der Waals surface area contributed by atoms with Crippen molar-refractivity contribution in [3.63, 3.8) is 0 Å². The highest BCUT2D eigenvalue weighted by molar-refractivity contribution is 6.31. The van der Waals surface area contributed by atoms with Crippen molar-refractivity contribution in [2.75, 3.05) is 6.61 Å². The highest BCUT2D eigenvalue weighted by Crippen LogP contribution is 2.18. The van der Waals surface area contributed by atoms with E-state index in [4.69, 9.17) is 22.4 Å². The van der Waals surface area contributed by atoms with Gasteiger partial charge in [0.2, 0.25) is 0 Å². The lowest BCUT2D eigenvalue weighted by molar-refractivity contribution is 0.265. The molecule has 0 saturated heterocycles. The summed E-state index contributed by atoms with van der Waals surface area (Å²) < 4.78 is 0. The number of rotatable bonds is 3. The van der Waals surface area contributed by atoms with E-state index in [0.29, 0.717) is 6.42 Å². The molecule has 0 bridgehead atoms. The van der Waals surface area contributed by atoms with Crippen LogP contribution in [0.1, 0.15) is 11.1 Å². The van der Waals surface area contributed by atoms with Gasteiger partial charge < -0.3 is 10.8 Å². The van der Waals surface area contributed by atoms with Crippen LogP contribution in [0.25, 0.3) is 0 Å². The van der Waals surface area contributed by atoms with E-state index in [1.165, 1.54) is 0 Å². The normalized spacial score (nSPS) is 12.0. The van der Waals surface area contributed by atoms with Crippen LogP contribution in [0.3, 0.4) is 0 Å². The highest BCUT2D eigenvalue weighted by Gasteiger charge is 2.05. The Kier molecular flexibility index (Phi) is 6.12. The van der Waals surface area contributed by atoms with E-state index in [0.717, 1.165) is 16.1 Å². The second-order valence-corrected chi connectivity index (χ2v) is 3.65. The van der Waals surface area contributed by atoms with Gasteiger partial charge >= 0.3 is 0 Å². The van der Waals surface area contributed by atoms with Crippen molar-refractivity contribution in [3.05, 3.63) is 34.3 Å². The van der Waals surface area contributed by atoms with Gasteiger partial charge in [-0.05, 0) is 30.5 Å². The average molecular weight is 236 g/mol. The number of aryl methyl sites for hydroxylation is 1. The van der Waals surface area contributed by atoms with Gasteiger partial charge in [-0.25, -0.2) is 0 Å². The third-order valence-corrected chi connectivity index (χ3v) is 2.28. The Bertz CT molecular complexity index is 291. The summed E-state index contributed by atoms with van der Waals surface area (Å²) in [6, 6.07) is 5.62. The molecule has 0 saturated carbocycles. The molecule has 1 unspecified atom stereocenters. The molecule has 0 spiro atoms. The molecule has 1 aromatic rings. The molecule has 1 atom stereocenters. The number of hydrogen-bond donors (Lipinski definition) is 2. The van der Waals surface area contributed by atoms with Crippen LogP contribution < -0.4 is 5.73 Å². The van der Waals surface area contributed by atoms with Crippen molar-refractivity contribution in [1.82, 2.24) is 0 Å². The van der Waals surface area contributed by atoms with Gasteiger partial charge in [-0.3, -0.25) is 0 Å². The number of aliphatic hydroxyl groups is 1. The van der Waals surface area contributed by atoms with Crippen LogP contribution in [0.15, 0.2) is 18.2 Å². The zero-order valence-corrected chi connectivity index (χ0v) is 9.61. The Hall–Kier alpha value is -0.280. The monoisotopic (exact) mass is 235 g/mol. The molecule has 0 aliphatic carbocycles. The van der Waals surface area contributed by atoms with Crippen molar-refractivity contribution in [2.24, 2.45) is 5.73 Å². The van der Waals surface area contributed by atoms with Crippen LogP contribution in [0.2, 0.25) is 5.02 Å². The van der Waals surface area contributed by atoms with Crippen LogP contribution in [-0.2, 0) is 6.42 Å². The molecule has 2 nitrogen and oxygen atoms in total. The number of aliphatic hydroxyl groups excluding tert-OH is 1. The molecule has 0 aromatic heterocycles. The fourth-order valence-electron chi connectivity index (χ4n) is 1.16. The first-order valence-corrected chi connectivity index (χ1v) is 4.62. The van der Waals surface area contributed by atoms with E-state index in [2.05, 4.69) is 0 Å². The highest BCUT2D eigenvalue weighted by atomic mass is 35.5. The van der Waals surface area contributed by atoms with E-state index in [-0.39, 0.29) is 25.1 Å². The quantitative estimate of drug-likeness (QED) is 0.842. The molecule has 1 rings (SSSR count). The van der Waals surface area contributed by atoms with Crippen LogP contribution in [-0.4, -0.2) is 17.8 Å². The summed E-state index contributed by atoms with van der Waals surface area (Å²) in [7, 11) is 0. The molecule has 3 N–H and O–H groups in total. The molecule has 80 valence electrons. The van der Waals surface area contributed by atoms with Crippen molar-refractivity contribution in [2.45, 2.75) is 19.4 Å². The summed E-state index contributed by atoms with van der Waals surface area (Å²) in [5, 5.41) is 9.50. The van der Waals surface area contributed by atoms with Gasteiger partial charge in [0, 0.05) is 11.1 Å². The van der Waals surface area contributed by atoms with Gasteiger partial charge in [0.25, 0.3) is 0 Å². The summed E-state index contributed by atoms with van der Waals surface area (Å²) >= 11 is 5.99. The van der Waals surface area contributed by atoms with Gasteiger partial charge in [0.05, 0.1) is 6.61 Å². The van der Waals surface area contributed by atoms with Crippen molar-refractivity contribution in [1.29, 1.82) is 0 Å². The molecule has 0 aliphatic rings. The fraction of sp³-hybridized carbons (Fsp3) is 0.400. The molecular weight excluding hydrogens is 221 g/mol. The van der Waals surface area contributed by atoms with Crippen LogP contribution in [0.4, 0.5) is 0 Å². The van der Waals surface area contributed by atoms with Crippen molar-refractivity contribution < 1.29 is 5.11 Å². The fourth-order valence-corrected chi connectivity index (χ4v) is 1.48. The van der Waals surface area contributed by atoms with E-state index in [1.807, 2.05) is 25.1 Å². The Morgan fingerprint density at radius 3 is 2.64 bits per heavy atom. The molecule has 1 aromatic carbocycles. The minimum atomic E-state index is -0.222. The molecule has 0 radical (unpaired) electrons. The second kappa shape index (κ2) is 6.25. The van der Waals surface area contributed by atoms with Crippen LogP contribution in [0, 0.1) is 6.92 Å². The predicted octanol–water partition coefficient (Wildman–Crippen LogP) is 1.93. The second-order valence-electron chi connectivity index (χ2n) is 3.24. The molecule has 14 heavy (non-hydrogen) atoms. The molecule has 0 fully saturated rings. The number of hydrogen-bond acceptors (Lipinski definition) is 2. The number of benzene rings is 1. The summed E-state index contributed by atoms with van der Waals surface area (Å²) in [5.74, 6) is 0. The average Bonchev–Trinajstić information content (AvgIpc) is 2.09. The van der Waals surface area contributed by atoms with E-state index >= 15 is 0 Å². The Labute approximate surface area is 95.5 Å². The summed E-state index contributed by atoms with van der Waals surface area (Å²) in [5.41, 5.74) is 7.73. The maximum Gasteiger partial charge on any atom is 0.0585 e. The lowest BCUT2D eigenvalue weighted by Gasteiger charge is -2.09. The zero-order valence-electron chi connectivity index (χ0n) is 8.03. The third-order valence-electron chi connectivity index (χ3n) is 1.93. The largest absolute Gasteiger partial charge is 0.395 e. The Morgan fingerprint density at radius 1 is 1.50 bits per heavy atom. The first-order valence-electron chi connectivity index (χ1n) is 4.25. The van der Waals surface area contributed by atoms with Crippen molar-refractivity contribution >= 4 is 24.0 Å². The standard InChI is InChI=1S/C10H14ClNO.ClH/c1-7-2-3-8(10(11)4-7)5-9(12)6-13;/h2-4,9,13H,5-6,12H2,1H3;1H. The Balaban J connectivity index is 0.00000169. The van der Waals surface area contributed by atoms with Gasteiger partial charge in [0.1, 0.15) is 0 Å². The maximum atomic E-state index is 8.77. The smallest absolute Gasteiger partial charge is 0.0585 e. The first kappa shape index (κ1) is 13.7. The summed E-state index contributed by atoms with van der Waals surface area (Å²) in [6.07, 6.45) is 0.621. The lowest BCUT2D eigenvalue weighted by Crippen LogP contribution is -2.26. The summed E-state index contributed by atoms with van der Waals surface area (Å²) in [6.45, 7) is 1.98. The third kappa shape index (κ3) is 3.84. The van der Waals surface area contributed by atoms with E-state index in [9.17, 15) is 0 Å². The molecule has 0 amide bonds. The van der Waals surface area contributed by atoms with Crippen molar-refractivity contribution in [3.8, 4) is 0 Å². The van der Waals surface area contributed by atoms with E-state index < -0.39 is 0 Å². The minimum absolute atomic E-state index is 0. The molecule has 4 heteroatoms. The van der Waals surface area contributed by atoms with Crippen LogP contribution in [0.5, 0.6) is 0 Å². The zero-order chi connectivity index (χ0) is 9.84. The first-order chi connectivity index (χ1) is 6.13. The van der Waals surface area contributed by atoms with Gasteiger partial charge in [-0.2, -0.15) is 0 Å². The molecule has 0 aliphatic heterocycles. The lowest BCUT2D eigenvalue weighted by atomic mass is 10.1. The van der Waals surface area contributed by atoms with Gasteiger partial charge in [-0.15, -0.1) is 12.4 Å². The van der Waals surface area contributed by atoms with Crippen LogP contribution >= 0.6 is 24.0 Å². The number of halogens is 2. The number of nitrogens with two attached hydrogens (primary N) is 1. The van der Waals surface area contributed by atoms with Gasteiger partial charge in [0.15, 0.2) is 0 Å². The SMILES string of the molecule is Cc1ccc(CC(N)CO)c(Cl)c1.Cl. The molecule has 0 heterocycles. The predicted molar refractivity (Wildman–Crippen MR) is 62.2 cm³/mol. The Morgan fingerprint density at radius 2 is 2.14 bits per heavy atom.